The third-order valence-corrected chi connectivity index (χ3v) is 6.28. The largest absolute Gasteiger partial charge is 0.454 e. The lowest BCUT2D eigenvalue weighted by Gasteiger charge is -2.50. The van der Waals surface area contributed by atoms with Gasteiger partial charge < -0.3 is 28.6 Å². The Bertz CT molecular complexity index is 808. The molecule has 5 atom stereocenters. The Morgan fingerprint density at radius 1 is 1.14 bits per heavy atom. The van der Waals surface area contributed by atoms with Crippen LogP contribution in [-0.4, -0.2) is 60.9 Å². The molecule has 0 spiro atoms. The highest BCUT2D eigenvalue weighted by molar-refractivity contribution is 5.98. The summed E-state index contributed by atoms with van der Waals surface area (Å²) in [7, 11) is 0. The quantitative estimate of drug-likeness (QED) is 0.792. The summed E-state index contributed by atoms with van der Waals surface area (Å²) >= 11 is 0. The Labute approximate surface area is 164 Å². The second-order valence-electron chi connectivity index (χ2n) is 8.28. The first-order valence-electron chi connectivity index (χ1n) is 10.1. The van der Waals surface area contributed by atoms with Gasteiger partial charge in [-0.15, -0.1) is 0 Å². The predicted molar refractivity (Wildman–Crippen MR) is 99.7 cm³/mol. The van der Waals surface area contributed by atoms with E-state index in [0.29, 0.717) is 30.2 Å². The fourth-order valence-corrected chi connectivity index (χ4v) is 5.30. The topological polar surface area (TPSA) is 66.5 Å². The predicted octanol–water partition coefficient (Wildman–Crippen LogP) is 2.67. The minimum Gasteiger partial charge on any atom is -0.454 e. The van der Waals surface area contributed by atoms with Crippen molar-refractivity contribution in [1.29, 1.82) is 0 Å². The van der Waals surface area contributed by atoms with Crippen molar-refractivity contribution in [2.75, 3.05) is 19.9 Å². The number of fused-ring (bicyclic) bond motifs is 6. The molecule has 7 nitrogen and oxygen atoms in total. The Morgan fingerprint density at radius 3 is 2.57 bits per heavy atom. The number of likely N-dealkylation sites (N-methyl/N-ethyl adjacent to an activating group) is 1. The minimum atomic E-state index is -0.697. The Hall–Kier alpha value is -1.83. The highest BCUT2D eigenvalue weighted by atomic mass is 16.8. The Kier molecular flexibility index (Phi) is 4.12. The van der Waals surface area contributed by atoms with Gasteiger partial charge in [0.2, 0.25) is 6.79 Å². The average Bonchev–Trinajstić information content (AvgIpc) is 3.24. The number of carbonyl (C=O) groups is 1. The molecule has 0 aromatic heterocycles. The lowest BCUT2D eigenvalue weighted by molar-refractivity contribution is -0.158. The monoisotopic (exact) mass is 389 g/mol. The van der Waals surface area contributed by atoms with E-state index in [2.05, 4.69) is 0 Å². The molecule has 1 aromatic rings. The molecule has 7 heteroatoms. The number of carbonyl (C=O) groups excluding carboxylic acids is 1. The van der Waals surface area contributed by atoms with Crippen LogP contribution in [0.5, 0.6) is 11.5 Å². The summed E-state index contributed by atoms with van der Waals surface area (Å²) in [6.07, 6.45) is 0.278. The lowest BCUT2D eigenvalue weighted by atomic mass is 9.71. The zero-order valence-electron chi connectivity index (χ0n) is 16.8. The fourth-order valence-electron chi connectivity index (χ4n) is 5.30. The third-order valence-electron chi connectivity index (χ3n) is 6.28. The molecule has 0 N–H and O–H groups in total. The van der Waals surface area contributed by atoms with Crippen molar-refractivity contribution < 1.29 is 28.5 Å². The minimum absolute atomic E-state index is 0.0129. The van der Waals surface area contributed by atoms with E-state index in [0.717, 1.165) is 12.0 Å². The van der Waals surface area contributed by atoms with Gasteiger partial charge in [0.25, 0.3) is 5.91 Å². The molecular weight excluding hydrogens is 362 g/mol. The van der Waals surface area contributed by atoms with E-state index in [1.54, 1.807) is 0 Å². The number of nitrogens with zero attached hydrogens (tertiary/aromatic N) is 1. The maximum atomic E-state index is 13.4. The van der Waals surface area contributed by atoms with Gasteiger partial charge in [0.15, 0.2) is 17.3 Å². The number of benzene rings is 1. The van der Waals surface area contributed by atoms with Crippen LogP contribution in [-0.2, 0) is 14.2 Å². The van der Waals surface area contributed by atoms with Crippen molar-refractivity contribution in [2.24, 2.45) is 0 Å². The molecule has 5 rings (SSSR count). The van der Waals surface area contributed by atoms with Crippen LogP contribution < -0.4 is 9.47 Å². The average molecular weight is 389 g/mol. The van der Waals surface area contributed by atoms with Crippen molar-refractivity contribution in [1.82, 2.24) is 4.90 Å². The smallest absolute Gasteiger partial charge is 0.254 e. The van der Waals surface area contributed by atoms with Crippen molar-refractivity contribution in [3.8, 4) is 11.5 Å². The fraction of sp³-hybridized carbons (Fsp3) is 0.667. The molecule has 1 saturated heterocycles. The summed E-state index contributed by atoms with van der Waals surface area (Å²) in [5.41, 5.74) is 1.69. The van der Waals surface area contributed by atoms with Gasteiger partial charge in [-0.3, -0.25) is 4.79 Å². The zero-order valence-corrected chi connectivity index (χ0v) is 16.8. The van der Waals surface area contributed by atoms with Crippen molar-refractivity contribution in [3.05, 3.63) is 23.3 Å². The maximum Gasteiger partial charge on any atom is 0.254 e. The molecule has 3 heterocycles. The van der Waals surface area contributed by atoms with Gasteiger partial charge in [-0.25, -0.2) is 0 Å². The summed E-state index contributed by atoms with van der Waals surface area (Å²) in [6, 6.07) is 3.72. The van der Waals surface area contributed by atoms with Gasteiger partial charge in [-0.05, 0) is 51.8 Å². The summed E-state index contributed by atoms with van der Waals surface area (Å²) in [5.74, 6) is 0.751. The summed E-state index contributed by atoms with van der Waals surface area (Å²) in [6.45, 7) is 9.27. The number of ether oxygens (including phenoxy) is 5. The van der Waals surface area contributed by atoms with Crippen molar-refractivity contribution in [2.45, 2.75) is 70.2 Å². The van der Waals surface area contributed by atoms with Crippen LogP contribution in [0.2, 0.25) is 0 Å². The van der Waals surface area contributed by atoms with E-state index in [-0.39, 0.29) is 43.0 Å². The van der Waals surface area contributed by atoms with E-state index < -0.39 is 5.79 Å². The Balaban J connectivity index is 1.63. The van der Waals surface area contributed by atoms with Crippen molar-refractivity contribution >= 4 is 5.91 Å². The van der Waals surface area contributed by atoms with Crippen LogP contribution in [0.25, 0.3) is 0 Å². The normalized spacial score (nSPS) is 34.8. The maximum absolute atomic E-state index is 13.4. The molecule has 4 aliphatic rings. The van der Waals surface area contributed by atoms with Crippen LogP contribution in [0.15, 0.2) is 12.1 Å². The summed E-state index contributed by atoms with van der Waals surface area (Å²) < 4.78 is 29.7. The van der Waals surface area contributed by atoms with E-state index in [1.807, 2.05) is 44.7 Å². The first-order chi connectivity index (χ1) is 13.4. The third kappa shape index (κ3) is 2.56. The highest BCUT2D eigenvalue weighted by Gasteiger charge is 2.59. The zero-order chi connectivity index (χ0) is 19.6. The van der Waals surface area contributed by atoms with Crippen LogP contribution in [0.1, 0.15) is 56.0 Å². The van der Waals surface area contributed by atoms with E-state index in [4.69, 9.17) is 23.7 Å². The second-order valence-corrected chi connectivity index (χ2v) is 8.28. The van der Waals surface area contributed by atoms with Crippen LogP contribution in [0.4, 0.5) is 0 Å². The Morgan fingerprint density at radius 2 is 1.86 bits per heavy atom. The number of rotatable bonds is 3. The first kappa shape index (κ1) is 18.2. The van der Waals surface area contributed by atoms with E-state index >= 15 is 0 Å². The molecule has 152 valence electrons. The van der Waals surface area contributed by atoms with Gasteiger partial charge in [-0.1, -0.05) is 0 Å². The standard InChI is InChI=1S/C21H27NO6/c1-5-22-17-12(8-16(24-6-2)18-19(17)28-21(3,4)27-18)11-7-14-15(26-10-25-14)9-13(11)20(22)23/h7,9,12,16-19H,5-6,8,10H2,1-4H3/t12-,16+,17-,18-,19+/m1/s1. The molecule has 1 saturated carbocycles. The molecule has 1 aromatic carbocycles. The van der Waals surface area contributed by atoms with Crippen molar-refractivity contribution in [3.63, 3.8) is 0 Å². The van der Waals surface area contributed by atoms with E-state index in [9.17, 15) is 4.79 Å². The van der Waals surface area contributed by atoms with Gasteiger partial charge >= 0.3 is 0 Å². The molecule has 28 heavy (non-hydrogen) atoms. The molecule has 2 fully saturated rings. The summed E-state index contributed by atoms with van der Waals surface area (Å²) in [4.78, 5) is 15.3. The van der Waals surface area contributed by atoms with E-state index in [1.165, 1.54) is 0 Å². The van der Waals surface area contributed by atoms with Gasteiger partial charge in [-0.2, -0.15) is 0 Å². The van der Waals surface area contributed by atoms with Gasteiger partial charge in [0, 0.05) is 24.6 Å². The molecule has 0 bridgehead atoms. The number of amides is 1. The second kappa shape index (κ2) is 6.34. The number of hydrogen-bond donors (Lipinski definition) is 0. The van der Waals surface area contributed by atoms with Gasteiger partial charge in [0.1, 0.15) is 12.2 Å². The first-order valence-corrected chi connectivity index (χ1v) is 10.1. The highest BCUT2D eigenvalue weighted by Crippen LogP contribution is 2.51. The van der Waals surface area contributed by atoms with Gasteiger partial charge in [0.05, 0.1) is 12.1 Å². The molecule has 1 amide bonds. The lowest BCUT2D eigenvalue weighted by Crippen LogP contribution is -2.62. The number of hydrogen-bond acceptors (Lipinski definition) is 6. The SMILES string of the molecule is CCO[C@H]1C[C@@H]2c3cc4c(cc3C(=O)N(CC)[C@H]2[C@@H]2OC(C)(C)O[C@@H]21)OCO4. The molecule has 3 aliphatic heterocycles. The molecule has 0 radical (unpaired) electrons. The van der Waals surface area contributed by atoms with Crippen LogP contribution in [0, 0.1) is 0 Å². The summed E-state index contributed by atoms with van der Waals surface area (Å²) in [5, 5.41) is 0. The molecule has 1 aliphatic carbocycles. The van der Waals surface area contributed by atoms with Crippen LogP contribution >= 0.6 is 0 Å². The van der Waals surface area contributed by atoms with Crippen LogP contribution in [0.3, 0.4) is 0 Å². The molecule has 0 unspecified atom stereocenters. The molecular formula is C21H27NO6.